The number of nitrogens with zero attached hydrogens (tertiary/aromatic N) is 1. The van der Waals surface area contributed by atoms with Gasteiger partial charge in [0.1, 0.15) is 0 Å². The first-order chi connectivity index (χ1) is 11.4. The number of hydrogen-bond acceptors (Lipinski definition) is 2. The summed E-state index contributed by atoms with van der Waals surface area (Å²) in [5, 5.41) is 9.40. The van der Waals surface area contributed by atoms with Gasteiger partial charge < -0.3 is 16.0 Å². The second kappa shape index (κ2) is 12.1. The molecule has 0 aliphatic carbocycles. The Bertz CT molecular complexity index is 529. The summed E-state index contributed by atoms with van der Waals surface area (Å²) in [6, 6.07) is 10.4. The number of amides is 1. The van der Waals surface area contributed by atoms with Crippen molar-refractivity contribution in [3.8, 4) is 0 Å². The molecule has 1 amide bonds. The number of carbonyl (C=O) groups is 1. The fourth-order valence-corrected chi connectivity index (χ4v) is 2.17. The number of carbonyl (C=O) groups excluding carboxylic acids is 1. The molecule has 6 heteroatoms. The minimum atomic E-state index is -0.0323. The van der Waals surface area contributed by atoms with Crippen LogP contribution in [0.4, 0.5) is 0 Å². The minimum Gasteiger partial charge on any atom is -0.357 e. The molecular weight excluding hydrogens is 427 g/mol. The van der Waals surface area contributed by atoms with E-state index in [2.05, 4.69) is 54.1 Å². The van der Waals surface area contributed by atoms with Crippen LogP contribution >= 0.6 is 24.0 Å². The van der Waals surface area contributed by atoms with E-state index in [0.717, 1.165) is 12.5 Å². The smallest absolute Gasteiger partial charge is 0.222 e. The van der Waals surface area contributed by atoms with Gasteiger partial charge in [0, 0.05) is 31.0 Å². The molecule has 0 fully saturated rings. The van der Waals surface area contributed by atoms with Crippen LogP contribution in [0.25, 0.3) is 0 Å². The highest BCUT2D eigenvalue weighted by molar-refractivity contribution is 14.0. The van der Waals surface area contributed by atoms with Crippen LogP contribution in [0.5, 0.6) is 0 Å². The molecule has 0 saturated carbocycles. The molecule has 25 heavy (non-hydrogen) atoms. The molecule has 3 N–H and O–H groups in total. The Kier molecular flexibility index (Phi) is 11.5. The Morgan fingerprint density at radius 1 is 1.08 bits per heavy atom. The number of guanidine groups is 1. The predicted molar refractivity (Wildman–Crippen MR) is 117 cm³/mol. The van der Waals surface area contributed by atoms with E-state index >= 15 is 0 Å². The van der Waals surface area contributed by atoms with Gasteiger partial charge in [-0.3, -0.25) is 9.79 Å². The molecule has 1 aromatic carbocycles. The molecule has 1 aromatic rings. The first kappa shape index (κ1) is 23.7. The van der Waals surface area contributed by atoms with Crippen molar-refractivity contribution in [1.82, 2.24) is 16.0 Å². The monoisotopic (exact) mass is 460 g/mol. The fraction of sp³-hybridized carbons (Fsp3) is 0.579. The molecule has 0 aromatic heterocycles. The highest BCUT2D eigenvalue weighted by Crippen LogP contribution is 2.22. The SMILES string of the molecule is CCNC(=NCC(C)(C)c1ccccc1)NCCNC(=O)C(C)C.I. The van der Waals surface area contributed by atoms with Crippen LogP contribution in [0, 0.1) is 5.92 Å². The van der Waals surface area contributed by atoms with Crippen molar-refractivity contribution in [3.05, 3.63) is 35.9 Å². The van der Waals surface area contributed by atoms with Crippen molar-refractivity contribution in [3.63, 3.8) is 0 Å². The van der Waals surface area contributed by atoms with Crippen LogP contribution in [0.2, 0.25) is 0 Å². The first-order valence-corrected chi connectivity index (χ1v) is 8.72. The molecule has 5 nitrogen and oxygen atoms in total. The molecule has 0 aliphatic rings. The number of aliphatic imine (C=N–C) groups is 1. The fourth-order valence-electron chi connectivity index (χ4n) is 2.17. The molecule has 0 aliphatic heterocycles. The number of hydrogen-bond donors (Lipinski definition) is 3. The highest BCUT2D eigenvalue weighted by atomic mass is 127. The van der Waals surface area contributed by atoms with E-state index in [1.165, 1.54) is 5.56 Å². The Hall–Kier alpha value is -1.31. The van der Waals surface area contributed by atoms with Crippen LogP contribution in [0.1, 0.15) is 40.2 Å². The third kappa shape index (κ3) is 9.09. The van der Waals surface area contributed by atoms with Gasteiger partial charge in [0.15, 0.2) is 5.96 Å². The van der Waals surface area contributed by atoms with E-state index < -0.39 is 0 Å². The molecule has 0 heterocycles. The van der Waals surface area contributed by atoms with Crippen molar-refractivity contribution in [1.29, 1.82) is 0 Å². The zero-order chi connectivity index (χ0) is 18.0. The van der Waals surface area contributed by atoms with Crippen molar-refractivity contribution in [2.45, 2.75) is 40.0 Å². The maximum atomic E-state index is 11.5. The lowest BCUT2D eigenvalue weighted by Crippen LogP contribution is -2.42. The predicted octanol–water partition coefficient (Wildman–Crippen LogP) is 2.91. The summed E-state index contributed by atoms with van der Waals surface area (Å²) in [4.78, 5) is 16.2. The molecule has 0 radical (unpaired) electrons. The minimum absolute atomic E-state index is 0. The average Bonchev–Trinajstić information content (AvgIpc) is 2.56. The second-order valence-corrected chi connectivity index (χ2v) is 6.82. The van der Waals surface area contributed by atoms with Gasteiger partial charge >= 0.3 is 0 Å². The molecule has 0 spiro atoms. The van der Waals surface area contributed by atoms with Gasteiger partial charge in [-0.25, -0.2) is 0 Å². The molecule has 0 saturated heterocycles. The third-order valence-corrected chi connectivity index (χ3v) is 3.77. The second-order valence-electron chi connectivity index (χ2n) is 6.82. The van der Waals surface area contributed by atoms with Crippen LogP contribution in [-0.4, -0.2) is 38.0 Å². The zero-order valence-corrected chi connectivity index (χ0v) is 18.4. The van der Waals surface area contributed by atoms with Gasteiger partial charge in [-0.2, -0.15) is 0 Å². The number of halogens is 1. The van der Waals surface area contributed by atoms with Crippen LogP contribution in [0.3, 0.4) is 0 Å². The van der Waals surface area contributed by atoms with E-state index in [-0.39, 0.29) is 41.2 Å². The Morgan fingerprint density at radius 3 is 2.24 bits per heavy atom. The van der Waals surface area contributed by atoms with E-state index in [0.29, 0.717) is 19.6 Å². The standard InChI is InChI=1S/C19H32N4O.HI/c1-6-20-18(22-13-12-21-17(24)15(2)3)23-14-19(4,5)16-10-8-7-9-11-16;/h7-11,15H,6,12-14H2,1-5H3,(H,21,24)(H2,20,22,23);1H. The van der Waals surface area contributed by atoms with Gasteiger partial charge in [-0.1, -0.05) is 58.0 Å². The van der Waals surface area contributed by atoms with Crippen molar-refractivity contribution in [2.24, 2.45) is 10.9 Å². The summed E-state index contributed by atoms with van der Waals surface area (Å²) >= 11 is 0. The van der Waals surface area contributed by atoms with E-state index in [1.807, 2.05) is 26.8 Å². The van der Waals surface area contributed by atoms with Crippen LogP contribution in [-0.2, 0) is 10.2 Å². The zero-order valence-electron chi connectivity index (χ0n) is 16.1. The quantitative estimate of drug-likeness (QED) is 0.242. The summed E-state index contributed by atoms with van der Waals surface area (Å²) in [6.45, 7) is 12.9. The van der Waals surface area contributed by atoms with Gasteiger partial charge in [0.05, 0.1) is 6.54 Å². The van der Waals surface area contributed by atoms with E-state index in [4.69, 9.17) is 4.99 Å². The molecular formula is C19H33IN4O. The van der Waals surface area contributed by atoms with Crippen molar-refractivity contribution in [2.75, 3.05) is 26.2 Å². The normalized spacial score (nSPS) is 11.7. The highest BCUT2D eigenvalue weighted by Gasteiger charge is 2.20. The summed E-state index contributed by atoms with van der Waals surface area (Å²) in [5.74, 6) is 0.864. The number of benzene rings is 1. The Morgan fingerprint density at radius 2 is 1.68 bits per heavy atom. The lowest BCUT2D eigenvalue weighted by Gasteiger charge is -2.24. The van der Waals surface area contributed by atoms with Crippen LogP contribution < -0.4 is 16.0 Å². The summed E-state index contributed by atoms with van der Waals surface area (Å²) in [6.07, 6.45) is 0. The summed E-state index contributed by atoms with van der Waals surface area (Å²) in [5.41, 5.74) is 1.24. The van der Waals surface area contributed by atoms with Crippen molar-refractivity contribution >= 4 is 35.8 Å². The third-order valence-electron chi connectivity index (χ3n) is 3.77. The first-order valence-electron chi connectivity index (χ1n) is 8.72. The maximum absolute atomic E-state index is 11.5. The summed E-state index contributed by atoms with van der Waals surface area (Å²) in [7, 11) is 0. The van der Waals surface area contributed by atoms with Crippen LogP contribution in [0.15, 0.2) is 35.3 Å². The lowest BCUT2D eigenvalue weighted by atomic mass is 9.85. The van der Waals surface area contributed by atoms with Gasteiger partial charge in [-0.15, -0.1) is 24.0 Å². The molecule has 0 bridgehead atoms. The van der Waals surface area contributed by atoms with Gasteiger partial charge in [0.2, 0.25) is 5.91 Å². The lowest BCUT2D eigenvalue weighted by molar-refractivity contribution is -0.123. The average molecular weight is 460 g/mol. The molecule has 0 unspecified atom stereocenters. The van der Waals surface area contributed by atoms with Crippen molar-refractivity contribution < 1.29 is 4.79 Å². The van der Waals surface area contributed by atoms with Gasteiger partial charge in [0.25, 0.3) is 0 Å². The molecule has 142 valence electrons. The maximum Gasteiger partial charge on any atom is 0.222 e. The van der Waals surface area contributed by atoms with E-state index in [9.17, 15) is 4.79 Å². The molecule has 1 rings (SSSR count). The summed E-state index contributed by atoms with van der Waals surface area (Å²) < 4.78 is 0. The largest absolute Gasteiger partial charge is 0.357 e. The topological polar surface area (TPSA) is 65.5 Å². The Balaban J connectivity index is 0.00000576. The van der Waals surface area contributed by atoms with E-state index in [1.54, 1.807) is 0 Å². The Labute approximate surface area is 169 Å². The number of rotatable bonds is 8. The number of nitrogens with one attached hydrogen (secondary N) is 3. The molecule has 0 atom stereocenters. The van der Waals surface area contributed by atoms with Gasteiger partial charge in [-0.05, 0) is 12.5 Å².